The summed E-state index contributed by atoms with van der Waals surface area (Å²) in [5.41, 5.74) is 6.50. The zero-order valence-corrected chi connectivity index (χ0v) is 11.6. The minimum Gasteiger partial charge on any atom is -0.496 e. The van der Waals surface area contributed by atoms with E-state index in [9.17, 15) is 5.11 Å². The van der Waals surface area contributed by atoms with Crippen LogP contribution in [0.25, 0.3) is 0 Å². The first-order valence-electron chi connectivity index (χ1n) is 6.26. The SMILES string of the molecule is COc1cc(OC)c([C@H]2C[C@]2(CN)CO)c(OC)c1. The molecule has 3 N–H and O–H groups in total. The molecule has 2 rings (SSSR count). The van der Waals surface area contributed by atoms with Gasteiger partial charge in [-0.3, -0.25) is 0 Å². The molecule has 1 aliphatic carbocycles. The van der Waals surface area contributed by atoms with Crippen LogP contribution < -0.4 is 19.9 Å². The van der Waals surface area contributed by atoms with E-state index in [0.29, 0.717) is 23.8 Å². The fraction of sp³-hybridized carbons (Fsp3) is 0.571. The molecule has 1 aliphatic rings. The quantitative estimate of drug-likeness (QED) is 0.808. The fourth-order valence-electron chi connectivity index (χ4n) is 2.60. The first-order valence-corrected chi connectivity index (χ1v) is 6.26. The summed E-state index contributed by atoms with van der Waals surface area (Å²) < 4.78 is 16.1. The second kappa shape index (κ2) is 5.27. The van der Waals surface area contributed by atoms with Crippen molar-refractivity contribution in [1.29, 1.82) is 0 Å². The number of nitrogens with two attached hydrogens (primary N) is 1. The highest BCUT2D eigenvalue weighted by Crippen LogP contribution is 2.62. The fourth-order valence-corrected chi connectivity index (χ4v) is 2.60. The van der Waals surface area contributed by atoms with Gasteiger partial charge in [-0.1, -0.05) is 0 Å². The van der Waals surface area contributed by atoms with E-state index in [1.54, 1.807) is 21.3 Å². The number of aliphatic hydroxyl groups is 1. The Kier molecular flexibility index (Phi) is 3.87. The summed E-state index contributed by atoms with van der Waals surface area (Å²) in [4.78, 5) is 0. The zero-order chi connectivity index (χ0) is 14.0. The van der Waals surface area contributed by atoms with Crippen LogP contribution in [0.15, 0.2) is 12.1 Å². The Morgan fingerprint density at radius 2 is 1.79 bits per heavy atom. The Morgan fingerprint density at radius 1 is 1.21 bits per heavy atom. The third-order valence-corrected chi connectivity index (χ3v) is 4.01. The lowest BCUT2D eigenvalue weighted by Gasteiger charge is -2.18. The van der Waals surface area contributed by atoms with Crippen molar-refractivity contribution in [2.24, 2.45) is 11.1 Å². The Bertz CT molecular complexity index is 432. The summed E-state index contributed by atoms with van der Waals surface area (Å²) >= 11 is 0. The second-order valence-electron chi connectivity index (χ2n) is 4.93. The van der Waals surface area contributed by atoms with E-state index in [1.165, 1.54) is 0 Å². The van der Waals surface area contributed by atoms with E-state index in [0.717, 1.165) is 12.0 Å². The van der Waals surface area contributed by atoms with Crippen LogP contribution in [-0.2, 0) is 0 Å². The van der Waals surface area contributed by atoms with Gasteiger partial charge in [0, 0.05) is 35.6 Å². The van der Waals surface area contributed by atoms with Crippen molar-refractivity contribution in [3.05, 3.63) is 17.7 Å². The summed E-state index contributed by atoms with van der Waals surface area (Å²) in [7, 11) is 4.83. The molecule has 0 bridgehead atoms. The van der Waals surface area contributed by atoms with Gasteiger partial charge in [-0.2, -0.15) is 0 Å². The molecule has 0 aliphatic heterocycles. The van der Waals surface area contributed by atoms with Gasteiger partial charge in [0.1, 0.15) is 17.2 Å². The normalized spacial score (nSPS) is 25.0. The first kappa shape index (κ1) is 14.0. The number of aliphatic hydroxyl groups excluding tert-OH is 1. The van der Waals surface area contributed by atoms with E-state index in [1.807, 2.05) is 12.1 Å². The zero-order valence-electron chi connectivity index (χ0n) is 11.6. The number of benzene rings is 1. The van der Waals surface area contributed by atoms with Crippen molar-refractivity contribution in [3.63, 3.8) is 0 Å². The molecule has 5 nitrogen and oxygen atoms in total. The van der Waals surface area contributed by atoms with E-state index in [-0.39, 0.29) is 17.9 Å². The van der Waals surface area contributed by atoms with Crippen LogP contribution in [-0.4, -0.2) is 39.6 Å². The van der Waals surface area contributed by atoms with Crippen molar-refractivity contribution in [1.82, 2.24) is 0 Å². The predicted molar refractivity (Wildman–Crippen MR) is 72.0 cm³/mol. The molecule has 0 unspecified atom stereocenters. The molecule has 0 heterocycles. The van der Waals surface area contributed by atoms with Crippen LogP contribution in [0.1, 0.15) is 17.9 Å². The predicted octanol–water partition coefficient (Wildman–Crippen LogP) is 1.14. The minimum absolute atomic E-state index is 0.0759. The Morgan fingerprint density at radius 3 is 2.11 bits per heavy atom. The first-order chi connectivity index (χ1) is 9.15. The Labute approximate surface area is 113 Å². The van der Waals surface area contributed by atoms with Crippen LogP contribution >= 0.6 is 0 Å². The summed E-state index contributed by atoms with van der Waals surface area (Å²) in [6.45, 7) is 0.527. The lowest BCUT2D eigenvalue weighted by atomic mass is 9.98. The maximum Gasteiger partial charge on any atom is 0.129 e. The van der Waals surface area contributed by atoms with Gasteiger partial charge in [0.25, 0.3) is 0 Å². The molecule has 0 amide bonds. The third-order valence-electron chi connectivity index (χ3n) is 4.01. The average Bonchev–Trinajstić information content (AvgIpc) is 3.20. The number of rotatable bonds is 6. The van der Waals surface area contributed by atoms with E-state index in [2.05, 4.69) is 0 Å². The maximum absolute atomic E-state index is 9.53. The third kappa shape index (κ3) is 2.24. The molecular formula is C14H21NO4. The number of ether oxygens (including phenoxy) is 3. The van der Waals surface area contributed by atoms with Gasteiger partial charge in [0.15, 0.2) is 0 Å². The van der Waals surface area contributed by atoms with Crippen molar-refractivity contribution in [2.75, 3.05) is 34.5 Å². The molecule has 1 aromatic rings. The van der Waals surface area contributed by atoms with Crippen molar-refractivity contribution in [3.8, 4) is 17.2 Å². The topological polar surface area (TPSA) is 73.9 Å². The summed E-state index contributed by atoms with van der Waals surface area (Å²) in [6.07, 6.45) is 0.846. The molecule has 0 saturated heterocycles. The molecule has 5 heteroatoms. The lowest BCUT2D eigenvalue weighted by molar-refractivity contribution is 0.210. The molecule has 0 aromatic heterocycles. The van der Waals surface area contributed by atoms with Gasteiger partial charge < -0.3 is 25.1 Å². The van der Waals surface area contributed by atoms with Crippen LogP contribution in [0, 0.1) is 5.41 Å². The molecule has 1 saturated carbocycles. The van der Waals surface area contributed by atoms with E-state index >= 15 is 0 Å². The molecular weight excluding hydrogens is 246 g/mol. The van der Waals surface area contributed by atoms with Crippen LogP contribution in [0.4, 0.5) is 0 Å². The molecule has 19 heavy (non-hydrogen) atoms. The van der Waals surface area contributed by atoms with Gasteiger partial charge in [-0.05, 0) is 6.42 Å². The molecule has 106 valence electrons. The van der Waals surface area contributed by atoms with Gasteiger partial charge in [-0.25, -0.2) is 0 Å². The van der Waals surface area contributed by atoms with Crippen molar-refractivity contribution >= 4 is 0 Å². The highest BCUT2D eigenvalue weighted by molar-refractivity contribution is 5.55. The lowest BCUT2D eigenvalue weighted by Crippen LogP contribution is -2.21. The molecule has 1 fully saturated rings. The number of methoxy groups -OCH3 is 3. The minimum atomic E-state index is -0.241. The molecule has 1 aromatic carbocycles. The number of hydrogen-bond acceptors (Lipinski definition) is 5. The summed E-state index contributed by atoms with van der Waals surface area (Å²) in [5.74, 6) is 2.27. The van der Waals surface area contributed by atoms with Crippen molar-refractivity contribution < 1.29 is 19.3 Å². The smallest absolute Gasteiger partial charge is 0.129 e. The highest BCUT2D eigenvalue weighted by atomic mass is 16.5. The largest absolute Gasteiger partial charge is 0.496 e. The van der Waals surface area contributed by atoms with Gasteiger partial charge in [0.2, 0.25) is 0 Å². The standard InChI is InChI=1S/C14H21NO4/c1-17-9-4-11(18-2)13(12(5-9)19-3)10-6-14(10,7-15)8-16/h4-5,10,16H,6-8,15H2,1-3H3/t10-,14+/m1/s1. The molecule has 0 spiro atoms. The Hall–Kier alpha value is -1.46. The highest BCUT2D eigenvalue weighted by Gasteiger charge is 2.55. The number of hydrogen-bond donors (Lipinski definition) is 2. The average molecular weight is 267 g/mol. The van der Waals surface area contributed by atoms with Crippen LogP contribution in [0.3, 0.4) is 0 Å². The second-order valence-corrected chi connectivity index (χ2v) is 4.93. The van der Waals surface area contributed by atoms with Crippen LogP contribution in [0.2, 0.25) is 0 Å². The maximum atomic E-state index is 9.53. The summed E-state index contributed by atoms with van der Waals surface area (Å²) in [5, 5.41) is 9.53. The summed E-state index contributed by atoms with van der Waals surface area (Å²) in [6, 6.07) is 3.66. The van der Waals surface area contributed by atoms with E-state index < -0.39 is 0 Å². The van der Waals surface area contributed by atoms with Crippen LogP contribution in [0.5, 0.6) is 17.2 Å². The monoisotopic (exact) mass is 267 g/mol. The molecule has 0 radical (unpaired) electrons. The Balaban J connectivity index is 2.45. The van der Waals surface area contributed by atoms with Crippen molar-refractivity contribution in [2.45, 2.75) is 12.3 Å². The van der Waals surface area contributed by atoms with E-state index in [4.69, 9.17) is 19.9 Å². The molecule has 2 atom stereocenters. The van der Waals surface area contributed by atoms with Gasteiger partial charge in [-0.15, -0.1) is 0 Å². The van der Waals surface area contributed by atoms with Gasteiger partial charge in [0.05, 0.1) is 27.9 Å². The van der Waals surface area contributed by atoms with Gasteiger partial charge >= 0.3 is 0 Å².